The number of hydrogen-bond acceptors (Lipinski definition) is 8. The van der Waals surface area contributed by atoms with Crippen LogP contribution in [-0.2, 0) is 19.0 Å². The molecule has 10 heteroatoms. The molecule has 2 amide bonds. The van der Waals surface area contributed by atoms with E-state index in [-0.39, 0.29) is 32.0 Å². The van der Waals surface area contributed by atoms with Gasteiger partial charge in [0.1, 0.15) is 24.5 Å². The Morgan fingerprint density at radius 3 is 2.33 bits per heavy atom. The van der Waals surface area contributed by atoms with Crippen LogP contribution < -0.4 is 10.6 Å². The first kappa shape index (κ1) is 24.1. The number of nitrogens with one attached hydrogen (secondary N) is 2. The molecule has 0 atom stereocenters. The van der Waals surface area contributed by atoms with Gasteiger partial charge < -0.3 is 24.8 Å². The van der Waals surface area contributed by atoms with Gasteiger partial charge in [0.05, 0.1) is 13.1 Å². The lowest BCUT2D eigenvalue weighted by Crippen LogP contribution is -2.40. The highest BCUT2D eigenvalue weighted by molar-refractivity contribution is 5.82. The van der Waals surface area contributed by atoms with Gasteiger partial charge in [-0.2, -0.15) is 0 Å². The van der Waals surface area contributed by atoms with Crippen molar-refractivity contribution in [2.45, 2.75) is 40.2 Å². The summed E-state index contributed by atoms with van der Waals surface area (Å²) in [5.41, 5.74) is 0.189. The molecule has 0 aromatic carbocycles. The molecule has 2 N–H and O–H groups in total. The van der Waals surface area contributed by atoms with Crippen LogP contribution in [0.5, 0.6) is 0 Å². The normalized spacial score (nSPS) is 12.0. The van der Waals surface area contributed by atoms with Crippen molar-refractivity contribution in [1.82, 2.24) is 10.6 Å². The topological polar surface area (TPSA) is 132 Å². The quantitative estimate of drug-likeness (QED) is 0.269. The zero-order valence-electron chi connectivity index (χ0n) is 16.3. The Kier molecular flexibility index (Phi) is 11.1. The van der Waals surface area contributed by atoms with E-state index in [1.54, 1.807) is 34.6 Å². The standard InChI is InChI=1S/C17H27N3O7/c1-6-13(20-24)9-12(2)11-26-16(23)25-8-7-18-14(21)10-19-15(22)27-17(3,4)5/h6,9H,7-8,10-11H2,1-5H3,(H,18,21)(H,19,22)/b12-9-,13-6+. The number of carbonyl (C=O) groups is 3. The molecule has 0 aliphatic heterocycles. The van der Waals surface area contributed by atoms with Crippen molar-refractivity contribution in [2.75, 3.05) is 26.3 Å². The molecule has 0 bridgehead atoms. The molecule has 0 rings (SSSR count). The Hall–Kier alpha value is -2.91. The highest BCUT2D eigenvalue weighted by atomic mass is 16.7. The van der Waals surface area contributed by atoms with E-state index in [1.165, 1.54) is 12.2 Å². The van der Waals surface area contributed by atoms with Gasteiger partial charge in [0.15, 0.2) is 0 Å². The van der Waals surface area contributed by atoms with Gasteiger partial charge in [0.2, 0.25) is 5.91 Å². The Morgan fingerprint density at radius 1 is 1.11 bits per heavy atom. The van der Waals surface area contributed by atoms with Crippen molar-refractivity contribution in [3.05, 3.63) is 28.3 Å². The summed E-state index contributed by atoms with van der Waals surface area (Å²) in [5.74, 6) is -0.461. The third kappa shape index (κ3) is 14.0. The van der Waals surface area contributed by atoms with E-state index < -0.39 is 23.8 Å². The van der Waals surface area contributed by atoms with Crippen molar-refractivity contribution < 1.29 is 28.6 Å². The summed E-state index contributed by atoms with van der Waals surface area (Å²) in [7, 11) is 0. The second-order valence-corrected chi connectivity index (χ2v) is 6.39. The third-order valence-corrected chi connectivity index (χ3v) is 2.65. The van der Waals surface area contributed by atoms with Gasteiger partial charge in [-0.3, -0.25) is 4.79 Å². The van der Waals surface area contributed by atoms with E-state index >= 15 is 0 Å². The number of rotatable bonds is 9. The first-order valence-electron chi connectivity index (χ1n) is 8.27. The summed E-state index contributed by atoms with van der Waals surface area (Å²) in [6.45, 7) is 8.08. The molecule has 152 valence electrons. The predicted molar refractivity (Wildman–Crippen MR) is 97.9 cm³/mol. The number of ether oxygens (including phenoxy) is 3. The lowest BCUT2D eigenvalue weighted by Gasteiger charge is -2.19. The Morgan fingerprint density at radius 2 is 1.78 bits per heavy atom. The molecule has 0 spiro atoms. The first-order chi connectivity index (χ1) is 12.6. The maximum atomic E-state index is 11.5. The number of amides is 2. The predicted octanol–water partition coefficient (Wildman–Crippen LogP) is 2.40. The average Bonchev–Trinajstić information content (AvgIpc) is 2.58. The summed E-state index contributed by atoms with van der Waals surface area (Å²) in [6.07, 6.45) is 1.39. The highest BCUT2D eigenvalue weighted by Crippen LogP contribution is 2.06. The number of alkyl carbamates (subject to hydrolysis) is 1. The monoisotopic (exact) mass is 385 g/mol. The molecular formula is C17H27N3O7. The zero-order chi connectivity index (χ0) is 20.9. The van der Waals surface area contributed by atoms with Crippen LogP contribution in [0.25, 0.3) is 0 Å². The van der Waals surface area contributed by atoms with E-state index in [2.05, 4.69) is 15.8 Å². The van der Waals surface area contributed by atoms with Gasteiger partial charge in [0, 0.05) is 0 Å². The van der Waals surface area contributed by atoms with Crippen LogP contribution in [0.15, 0.2) is 28.6 Å². The zero-order valence-corrected chi connectivity index (χ0v) is 16.3. The molecule has 10 nitrogen and oxygen atoms in total. The van der Waals surface area contributed by atoms with E-state index in [4.69, 9.17) is 14.2 Å². The third-order valence-electron chi connectivity index (χ3n) is 2.65. The van der Waals surface area contributed by atoms with Crippen LogP contribution in [0.1, 0.15) is 34.6 Å². The second-order valence-electron chi connectivity index (χ2n) is 6.39. The Bertz CT molecular complexity index is 592. The van der Waals surface area contributed by atoms with Crippen molar-refractivity contribution in [2.24, 2.45) is 5.18 Å². The SMILES string of the molecule is C/C=C(\C=C(\C)COC(=O)OCCNC(=O)CNC(=O)OC(C)(C)C)N=O. The minimum atomic E-state index is -0.912. The van der Waals surface area contributed by atoms with Crippen LogP contribution >= 0.6 is 0 Å². The van der Waals surface area contributed by atoms with Crippen molar-refractivity contribution in [3.8, 4) is 0 Å². The van der Waals surface area contributed by atoms with Gasteiger partial charge in [-0.05, 0) is 51.4 Å². The molecule has 0 fully saturated rings. The van der Waals surface area contributed by atoms with Crippen LogP contribution in [0, 0.1) is 4.91 Å². The van der Waals surface area contributed by atoms with E-state index in [0.717, 1.165) is 0 Å². The van der Waals surface area contributed by atoms with Crippen LogP contribution in [0.4, 0.5) is 9.59 Å². The number of nitrogens with zero attached hydrogens (tertiary/aromatic N) is 1. The fraction of sp³-hybridized carbons (Fsp3) is 0.588. The second kappa shape index (κ2) is 12.4. The van der Waals surface area contributed by atoms with Gasteiger partial charge in [-0.25, -0.2) is 9.59 Å². The van der Waals surface area contributed by atoms with E-state index in [1.807, 2.05) is 0 Å². The maximum absolute atomic E-state index is 11.5. The fourth-order valence-corrected chi connectivity index (χ4v) is 1.52. The van der Waals surface area contributed by atoms with Crippen LogP contribution in [0.3, 0.4) is 0 Å². The molecule has 0 aromatic rings. The van der Waals surface area contributed by atoms with Gasteiger partial charge >= 0.3 is 12.2 Å². The largest absolute Gasteiger partial charge is 0.508 e. The van der Waals surface area contributed by atoms with Crippen molar-refractivity contribution >= 4 is 18.2 Å². The van der Waals surface area contributed by atoms with Crippen LogP contribution in [0.2, 0.25) is 0 Å². The van der Waals surface area contributed by atoms with Crippen molar-refractivity contribution in [3.63, 3.8) is 0 Å². The smallest absolute Gasteiger partial charge is 0.444 e. The lowest BCUT2D eigenvalue weighted by molar-refractivity contribution is -0.120. The van der Waals surface area contributed by atoms with E-state index in [9.17, 15) is 19.3 Å². The highest BCUT2D eigenvalue weighted by Gasteiger charge is 2.16. The molecule has 0 heterocycles. The summed E-state index contributed by atoms with van der Waals surface area (Å²) in [6, 6.07) is 0. The Balaban J connectivity index is 3.91. The number of nitroso groups, excluding NO2 is 1. The molecule has 0 aliphatic carbocycles. The molecular weight excluding hydrogens is 358 g/mol. The van der Waals surface area contributed by atoms with Gasteiger partial charge in [-0.15, -0.1) is 4.91 Å². The number of hydrogen-bond donors (Lipinski definition) is 2. The molecule has 0 unspecified atom stereocenters. The minimum Gasteiger partial charge on any atom is -0.444 e. The molecule has 0 aromatic heterocycles. The first-order valence-corrected chi connectivity index (χ1v) is 8.27. The number of carbonyl (C=O) groups excluding carboxylic acids is 3. The summed E-state index contributed by atoms with van der Waals surface area (Å²) >= 11 is 0. The summed E-state index contributed by atoms with van der Waals surface area (Å²) < 4.78 is 14.6. The molecule has 0 saturated carbocycles. The Labute approximate surface area is 158 Å². The van der Waals surface area contributed by atoms with Crippen LogP contribution in [-0.4, -0.2) is 50.1 Å². The summed E-state index contributed by atoms with van der Waals surface area (Å²) in [5, 5.41) is 7.54. The van der Waals surface area contributed by atoms with Crippen molar-refractivity contribution in [1.29, 1.82) is 0 Å². The lowest BCUT2D eigenvalue weighted by atomic mass is 10.2. The molecule has 0 aliphatic rings. The molecule has 0 saturated heterocycles. The van der Waals surface area contributed by atoms with Gasteiger partial charge in [0.25, 0.3) is 0 Å². The minimum absolute atomic E-state index is 0.0521. The number of allylic oxidation sites excluding steroid dienone is 2. The molecule has 27 heavy (non-hydrogen) atoms. The van der Waals surface area contributed by atoms with Gasteiger partial charge in [-0.1, -0.05) is 6.08 Å². The van der Waals surface area contributed by atoms with E-state index in [0.29, 0.717) is 5.57 Å². The summed E-state index contributed by atoms with van der Waals surface area (Å²) in [4.78, 5) is 44.7. The maximum Gasteiger partial charge on any atom is 0.508 e. The average molecular weight is 385 g/mol. The fourth-order valence-electron chi connectivity index (χ4n) is 1.52. The molecule has 0 radical (unpaired) electrons.